The van der Waals surface area contributed by atoms with E-state index in [1.165, 1.54) is 12.8 Å². The Morgan fingerprint density at radius 2 is 1.80 bits per heavy atom. The Morgan fingerprint density at radius 1 is 1.08 bits per heavy atom. The number of rotatable bonds is 4. The zero-order valence-electron chi connectivity index (χ0n) is 14.9. The predicted molar refractivity (Wildman–Crippen MR) is 94.8 cm³/mol. The number of aromatic nitrogens is 4. The van der Waals surface area contributed by atoms with Gasteiger partial charge in [-0.2, -0.15) is 0 Å². The van der Waals surface area contributed by atoms with Crippen LogP contribution >= 0.6 is 0 Å². The number of carbonyl (C=O) groups is 1. The van der Waals surface area contributed by atoms with Crippen molar-refractivity contribution in [2.45, 2.75) is 33.1 Å². The molecule has 0 aromatic carbocycles. The summed E-state index contributed by atoms with van der Waals surface area (Å²) in [5, 5.41) is 0. The van der Waals surface area contributed by atoms with Crippen molar-refractivity contribution in [1.29, 1.82) is 0 Å². The van der Waals surface area contributed by atoms with Crippen LogP contribution in [0.2, 0.25) is 0 Å². The molecule has 1 saturated carbocycles. The third-order valence-corrected chi connectivity index (χ3v) is 5.25. The smallest absolute Gasteiger partial charge is 0.222 e. The monoisotopic (exact) mass is 340 g/mol. The summed E-state index contributed by atoms with van der Waals surface area (Å²) in [5.74, 6) is 2.70. The number of imidazole rings is 1. The van der Waals surface area contributed by atoms with Crippen LogP contribution in [-0.4, -0.2) is 56.5 Å². The van der Waals surface area contributed by atoms with Gasteiger partial charge in [0.25, 0.3) is 0 Å². The molecular weight excluding hydrogens is 316 g/mol. The lowest BCUT2D eigenvalue weighted by atomic mass is 10.2. The molecule has 1 aliphatic heterocycles. The summed E-state index contributed by atoms with van der Waals surface area (Å²) >= 11 is 0. The van der Waals surface area contributed by atoms with Gasteiger partial charge in [-0.3, -0.25) is 9.36 Å². The Labute approximate surface area is 147 Å². The second kappa shape index (κ2) is 6.46. The minimum absolute atomic E-state index is 0.315. The van der Waals surface area contributed by atoms with E-state index in [0.717, 1.165) is 55.6 Å². The first-order chi connectivity index (χ1) is 12.1. The molecule has 7 nitrogen and oxygen atoms in total. The minimum atomic E-state index is 0.315. The van der Waals surface area contributed by atoms with Gasteiger partial charge in [-0.25, -0.2) is 15.0 Å². The SMILES string of the molecule is Cc1ncn(-c2cc(N3CCN(C(=O)CC4CC4)CC3)ncn2)c1C. The molecule has 2 aromatic rings. The highest BCUT2D eigenvalue weighted by atomic mass is 16.2. The maximum Gasteiger partial charge on any atom is 0.222 e. The van der Waals surface area contributed by atoms with Crippen molar-refractivity contribution in [3.8, 4) is 5.82 Å². The quantitative estimate of drug-likeness (QED) is 0.848. The van der Waals surface area contributed by atoms with Gasteiger partial charge in [-0.1, -0.05) is 0 Å². The molecule has 0 unspecified atom stereocenters. The number of carbonyl (C=O) groups excluding carboxylic acids is 1. The Hall–Kier alpha value is -2.44. The van der Waals surface area contributed by atoms with E-state index in [2.05, 4.69) is 19.9 Å². The Kier molecular flexibility index (Phi) is 4.15. The Morgan fingerprint density at radius 3 is 2.44 bits per heavy atom. The second-order valence-electron chi connectivity index (χ2n) is 7.04. The first kappa shape index (κ1) is 16.1. The third kappa shape index (κ3) is 3.36. The average Bonchev–Trinajstić information content (AvgIpc) is 3.39. The van der Waals surface area contributed by atoms with Gasteiger partial charge < -0.3 is 9.80 Å². The molecule has 1 saturated heterocycles. The summed E-state index contributed by atoms with van der Waals surface area (Å²) in [6.45, 7) is 7.20. The number of piperazine rings is 1. The minimum Gasteiger partial charge on any atom is -0.353 e. The van der Waals surface area contributed by atoms with Crippen LogP contribution in [0.3, 0.4) is 0 Å². The summed E-state index contributed by atoms with van der Waals surface area (Å²) in [6, 6.07) is 2.00. The highest BCUT2D eigenvalue weighted by molar-refractivity contribution is 5.77. The fourth-order valence-electron chi connectivity index (χ4n) is 3.25. The Balaban J connectivity index is 1.43. The van der Waals surface area contributed by atoms with Gasteiger partial charge in [0.1, 0.15) is 24.3 Å². The van der Waals surface area contributed by atoms with E-state index in [1.54, 1.807) is 12.7 Å². The van der Waals surface area contributed by atoms with E-state index < -0.39 is 0 Å². The van der Waals surface area contributed by atoms with Gasteiger partial charge in [0.05, 0.1) is 5.69 Å². The lowest BCUT2D eigenvalue weighted by Crippen LogP contribution is -2.49. The van der Waals surface area contributed by atoms with Gasteiger partial charge in [-0.05, 0) is 32.6 Å². The molecular formula is C18H24N6O. The molecule has 7 heteroatoms. The number of aryl methyl sites for hydroxylation is 1. The van der Waals surface area contributed by atoms with Crippen LogP contribution in [0.25, 0.3) is 5.82 Å². The zero-order valence-corrected chi connectivity index (χ0v) is 14.9. The molecule has 2 fully saturated rings. The Bertz CT molecular complexity index is 774. The van der Waals surface area contributed by atoms with E-state index in [4.69, 9.17) is 0 Å². The highest BCUT2D eigenvalue weighted by Crippen LogP contribution is 2.33. The molecule has 0 N–H and O–H groups in total. The molecule has 25 heavy (non-hydrogen) atoms. The van der Waals surface area contributed by atoms with Crippen LogP contribution < -0.4 is 4.90 Å². The maximum absolute atomic E-state index is 12.2. The van der Waals surface area contributed by atoms with Gasteiger partial charge >= 0.3 is 0 Å². The first-order valence-corrected chi connectivity index (χ1v) is 8.97. The predicted octanol–water partition coefficient (Wildman–Crippen LogP) is 1.73. The molecule has 4 rings (SSSR count). The number of hydrogen-bond donors (Lipinski definition) is 0. The third-order valence-electron chi connectivity index (χ3n) is 5.25. The van der Waals surface area contributed by atoms with Crippen LogP contribution in [0.4, 0.5) is 5.82 Å². The van der Waals surface area contributed by atoms with Crippen LogP contribution in [0.15, 0.2) is 18.7 Å². The molecule has 1 aliphatic carbocycles. The van der Waals surface area contributed by atoms with Gasteiger partial charge in [0.15, 0.2) is 0 Å². The number of nitrogens with zero attached hydrogens (tertiary/aromatic N) is 6. The second-order valence-corrected chi connectivity index (χ2v) is 7.04. The van der Waals surface area contributed by atoms with E-state index in [1.807, 2.05) is 29.4 Å². The largest absolute Gasteiger partial charge is 0.353 e. The van der Waals surface area contributed by atoms with E-state index in [9.17, 15) is 4.79 Å². The van der Waals surface area contributed by atoms with Crippen LogP contribution in [0.1, 0.15) is 30.7 Å². The summed E-state index contributed by atoms with van der Waals surface area (Å²) in [7, 11) is 0. The molecule has 1 amide bonds. The van der Waals surface area contributed by atoms with Crippen molar-refractivity contribution in [2.24, 2.45) is 5.92 Å². The lowest BCUT2D eigenvalue weighted by Gasteiger charge is -2.35. The zero-order chi connectivity index (χ0) is 17.4. The van der Waals surface area contributed by atoms with E-state index in [0.29, 0.717) is 11.8 Å². The fraction of sp³-hybridized carbons (Fsp3) is 0.556. The summed E-state index contributed by atoms with van der Waals surface area (Å²) in [6.07, 6.45) is 6.58. The van der Waals surface area contributed by atoms with Gasteiger partial charge in [-0.15, -0.1) is 0 Å². The lowest BCUT2D eigenvalue weighted by molar-refractivity contribution is -0.131. The molecule has 0 radical (unpaired) electrons. The normalized spacial score (nSPS) is 17.8. The van der Waals surface area contributed by atoms with Crippen molar-refractivity contribution in [1.82, 2.24) is 24.4 Å². The van der Waals surface area contributed by atoms with Crippen molar-refractivity contribution < 1.29 is 4.79 Å². The van der Waals surface area contributed by atoms with Crippen LogP contribution in [-0.2, 0) is 4.79 Å². The number of amides is 1. The topological polar surface area (TPSA) is 67.2 Å². The molecule has 3 heterocycles. The molecule has 0 bridgehead atoms. The molecule has 0 spiro atoms. The van der Waals surface area contributed by atoms with Gasteiger partial charge in [0, 0.05) is 44.4 Å². The van der Waals surface area contributed by atoms with Crippen molar-refractivity contribution >= 4 is 11.7 Å². The first-order valence-electron chi connectivity index (χ1n) is 8.97. The van der Waals surface area contributed by atoms with Crippen molar-refractivity contribution in [2.75, 3.05) is 31.1 Å². The van der Waals surface area contributed by atoms with Crippen molar-refractivity contribution in [3.63, 3.8) is 0 Å². The van der Waals surface area contributed by atoms with Crippen LogP contribution in [0, 0.1) is 19.8 Å². The van der Waals surface area contributed by atoms with E-state index >= 15 is 0 Å². The molecule has 0 atom stereocenters. The number of hydrogen-bond acceptors (Lipinski definition) is 5. The standard InChI is InChI=1S/C18H24N6O/c1-13-14(2)24(12-21-13)17-10-16(19-11-20-17)22-5-7-23(8-6-22)18(25)9-15-3-4-15/h10-12,15H,3-9H2,1-2H3. The maximum atomic E-state index is 12.2. The fourth-order valence-corrected chi connectivity index (χ4v) is 3.25. The summed E-state index contributed by atoms with van der Waals surface area (Å²) in [4.78, 5) is 29.6. The van der Waals surface area contributed by atoms with Crippen LogP contribution in [0.5, 0.6) is 0 Å². The summed E-state index contributed by atoms with van der Waals surface area (Å²) in [5.41, 5.74) is 2.09. The molecule has 132 valence electrons. The average molecular weight is 340 g/mol. The molecule has 2 aliphatic rings. The van der Waals surface area contributed by atoms with Crippen molar-refractivity contribution in [3.05, 3.63) is 30.1 Å². The van der Waals surface area contributed by atoms with Gasteiger partial charge in [0.2, 0.25) is 5.91 Å². The molecule has 2 aromatic heterocycles. The summed E-state index contributed by atoms with van der Waals surface area (Å²) < 4.78 is 1.98. The highest BCUT2D eigenvalue weighted by Gasteiger charge is 2.29. The van der Waals surface area contributed by atoms with E-state index in [-0.39, 0.29) is 0 Å². The number of anilines is 1.